The van der Waals surface area contributed by atoms with Crippen molar-refractivity contribution in [3.8, 4) is 11.6 Å². The first kappa shape index (κ1) is 16.6. The highest BCUT2D eigenvalue weighted by molar-refractivity contribution is 5.96. The predicted octanol–water partition coefficient (Wildman–Crippen LogP) is 2.48. The lowest BCUT2D eigenvalue weighted by atomic mass is 10.2. The van der Waals surface area contributed by atoms with Crippen molar-refractivity contribution in [2.24, 2.45) is 0 Å². The second-order valence-corrected chi connectivity index (χ2v) is 4.77. The molecule has 0 bridgehead atoms. The largest absolute Gasteiger partial charge is 0.443 e. The third kappa shape index (κ3) is 3.62. The number of nitrogens with one attached hydrogen (secondary N) is 1. The average Bonchev–Trinajstić information content (AvgIpc) is 3.13. The van der Waals surface area contributed by atoms with E-state index in [1.807, 2.05) is 0 Å². The molecular weight excluding hydrogens is 339 g/mol. The van der Waals surface area contributed by atoms with E-state index in [0.717, 1.165) is 6.07 Å². The third-order valence-electron chi connectivity index (χ3n) is 3.16. The van der Waals surface area contributed by atoms with Crippen LogP contribution < -0.4 is 5.32 Å². The predicted molar refractivity (Wildman–Crippen MR) is 77.9 cm³/mol. The van der Waals surface area contributed by atoms with Crippen LogP contribution in [0, 0.1) is 0 Å². The standard InChI is InChI=1S/C15H10F3N5O2/c16-15(17,18)9-2-1-3-19-10(9)8-23-13(24)11-12(21-5-4-20-11)14-22-6-7-25-14/h1-7H,8H2,(H,23,24). The van der Waals surface area contributed by atoms with Gasteiger partial charge in [-0.05, 0) is 12.1 Å². The van der Waals surface area contributed by atoms with Crippen molar-refractivity contribution < 1.29 is 22.4 Å². The van der Waals surface area contributed by atoms with Gasteiger partial charge in [-0.3, -0.25) is 9.78 Å². The zero-order valence-electron chi connectivity index (χ0n) is 12.5. The minimum atomic E-state index is -4.57. The fraction of sp³-hybridized carbons (Fsp3) is 0.133. The summed E-state index contributed by atoms with van der Waals surface area (Å²) < 4.78 is 43.9. The third-order valence-corrected chi connectivity index (χ3v) is 3.16. The first-order chi connectivity index (χ1) is 12.0. The van der Waals surface area contributed by atoms with E-state index in [1.165, 1.54) is 37.1 Å². The number of hydrogen-bond donors (Lipinski definition) is 1. The molecule has 0 radical (unpaired) electrons. The fourth-order valence-corrected chi connectivity index (χ4v) is 2.09. The summed E-state index contributed by atoms with van der Waals surface area (Å²) in [4.78, 5) is 27.7. The highest BCUT2D eigenvalue weighted by Gasteiger charge is 2.33. The van der Waals surface area contributed by atoms with Crippen molar-refractivity contribution in [2.45, 2.75) is 12.7 Å². The maximum Gasteiger partial charge on any atom is 0.418 e. The van der Waals surface area contributed by atoms with Crippen LogP contribution in [0.5, 0.6) is 0 Å². The van der Waals surface area contributed by atoms with E-state index in [-0.39, 0.29) is 23.0 Å². The van der Waals surface area contributed by atoms with Crippen molar-refractivity contribution in [3.05, 3.63) is 60.1 Å². The Balaban J connectivity index is 1.82. The number of carbonyl (C=O) groups excluding carboxylic acids is 1. The maximum absolute atomic E-state index is 13.0. The van der Waals surface area contributed by atoms with Crippen LogP contribution in [-0.2, 0) is 12.7 Å². The molecule has 0 atom stereocenters. The molecule has 3 heterocycles. The summed E-state index contributed by atoms with van der Waals surface area (Å²) in [6.07, 6.45) is 1.95. The fourth-order valence-electron chi connectivity index (χ4n) is 2.09. The summed E-state index contributed by atoms with van der Waals surface area (Å²) in [7, 11) is 0. The molecule has 3 rings (SSSR count). The van der Waals surface area contributed by atoms with Gasteiger partial charge in [-0.25, -0.2) is 15.0 Å². The number of oxazole rings is 1. The van der Waals surface area contributed by atoms with Gasteiger partial charge in [-0.2, -0.15) is 13.2 Å². The van der Waals surface area contributed by atoms with E-state index in [1.54, 1.807) is 0 Å². The Morgan fingerprint density at radius 1 is 1.08 bits per heavy atom. The lowest BCUT2D eigenvalue weighted by molar-refractivity contribution is -0.138. The molecule has 0 fully saturated rings. The monoisotopic (exact) mass is 349 g/mol. The van der Waals surface area contributed by atoms with Gasteiger partial charge in [0.05, 0.1) is 24.0 Å². The summed E-state index contributed by atoms with van der Waals surface area (Å²) in [5.41, 5.74) is -1.25. The smallest absolute Gasteiger partial charge is 0.418 e. The summed E-state index contributed by atoms with van der Waals surface area (Å²) in [5.74, 6) is -0.646. The Morgan fingerprint density at radius 3 is 2.60 bits per heavy atom. The minimum Gasteiger partial charge on any atom is -0.443 e. The maximum atomic E-state index is 13.0. The summed E-state index contributed by atoms with van der Waals surface area (Å²) in [6.45, 7) is -0.421. The molecule has 3 aromatic rings. The normalized spacial score (nSPS) is 11.3. The van der Waals surface area contributed by atoms with Crippen molar-refractivity contribution >= 4 is 5.91 Å². The van der Waals surface area contributed by atoms with E-state index in [4.69, 9.17) is 4.42 Å². The van der Waals surface area contributed by atoms with Gasteiger partial charge in [0.25, 0.3) is 5.91 Å². The Kier molecular flexibility index (Phi) is 4.42. The number of hydrogen-bond acceptors (Lipinski definition) is 6. The molecule has 0 unspecified atom stereocenters. The zero-order chi connectivity index (χ0) is 17.9. The van der Waals surface area contributed by atoms with Gasteiger partial charge < -0.3 is 9.73 Å². The number of nitrogens with zero attached hydrogens (tertiary/aromatic N) is 4. The molecule has 0 aliphatic rings. The van der Waals surface area contributed by atoms with Crippen LogP contribution in [0.1, 0.15) is 21.7 Å². The molecule has 0 aromatic carbocycles. The van der Waals surface area contributed by atoms with Gasteiger partial charge in [0.2, 0.25) is 5.89 Å². The van der Waals surface area contributed by atoms with E-state index in [0.29, 0.717) is 0 Å². The second-order valence-electron chi connectivity index (χ2n) is 4.77. The van der Waals surface area contributed by atoms with Crippen LogP contribution in [0.15, 0.2) is 47.6 Å². The molecule has 0 spiro atoms. The highest BCUT2D eigenvalue weighted by atomic mass is 19.4. The molecule has 1 N–H and O–H groups in total. The van der Waals surface area contributed by atoms with Crippen LogP contribution >= 0.6 is 0 Å². The number of carbonyl (C=O) groups is 1. The molecule has 10 heteroatoms. The summed E-state index contributed by atoms with van der Waals surface area (Å²) in [6, 6.07) is 2.08. The van der Waals surface area contributed by atoms with Crippen molar-refractivity contribution in [1.82, 2.24) is 25.3 Å². The number of aromatic nitrogens is 4. The second kappa shape index (κ2) is 6.67. The van der Waals surface area contributed by atoms with Crippen molar-refractivity contribution in [3.63, 3.8) is 0 Å². The van der Waals surface area contributed by atoms with E-state index in [2.05, 4.69) is 25.3 Å². The number of amides is 1. The number of halogens is 3. The van der Waals surface area contributed by atoms with E-state index in [9.17, 15) is 18.0 Å². The van der Waals surface area contributed by atoms with Crippen LogP contribution in [0.3, 0.4) is 0 Å². The van der Waals surface area contributed by atoms with Gasteiger partial charge in [0.15, 0.2) is 11.4 Å². The number of rotatable bonds is 4. The lowest BCUT2D eigenvalue weighted by Crippen LogP contribution is -2.27. The number of pyridine rings is 1. The Hall–Kier alpha value is -3.30. The van der Waals surface area contributed by atoms with Crippen molar-refractivity contribution in [2.75, 3.05) is 0 Å². The molecular formula is C15H10F3N5O2. The van der Waals surface area contributed by atoms with Crippen LogP contribution in [0.25, 0.3) is 11.6 Å². The zero-order valence-corrected chi connectivity index (χ0v) is 12.5. The van der Waals surface area contributed by atoms with Crippen LogP contribution in [0.4, 0.5) is 13.2 Å². The van der Waals surface area contributed by atoms with Crippen LogP contribution in [0.2, 0.25) is 0 Å². The molecule has 128 valence electrons. The minimum absolute atomic E-state index is 0.0760. The molecule has 0 aliphatic heterocycles. The molecule has 7 nitrogen and oxygen atoms in total. The molecule has 1 amide bonds. The van der Waals surface area contributed by atoms with Gasteiger partial charge in [-0.15, -0.1) is 0 Å². The highest BCUT2D eigenvalue weighted by Crippen LogP contribution is 2.30. The van der Waals surface area contributed by atoms with Crippen molar-refractivity contribution in [1.29, 1.82) is 0 Å². The topological polar surface area (TPSA) is 93.8 Å². The Morgan fingerprint density at radius 2 is 1.88 bits per heavy atom. The Labute approximate surface area is 139 Å². The van der Waals surface area contributed by atoms with Gasteiger partial charge in [0.1, 0.15) is 6.26 Å². The lowest BCUT2D eigenvalue weighted by Gasteiger charge is -2.12. The quantitative estimate of drug-likeness (QED) is 0.778. The average molecular weight is 349 g/mol. The van der Waals surface area contributed by atoms with Gasteiger partial charge >= 0.3 is 6.18 Å². The molecule has 0 saturated heterocycles. The molecule has 0 aliphatic carbocycles. The van der Waals surface area contributed by atoms with Gasteiger partial charge in [-0.1, -0.05) is 0 Å². The van der Waals surface area contributed by atoms with E-state index < -0.39 is 24.2 Å². The van der Waals surface area contributed by atoms with E-state index >= 15 is 0 Å². The number of alkyl halides is 3. The molecule has 25 heavy (non-hydrogen) atoms. The van der Waals surface area contributed by atoms with Gasteiger partial charge in [0, 0.05) is 18.6 Å². The first-order valence-electron chi connectivity index (χ1n) is 6.97. The van der Waals surface area contributed by atoms with Crippen LogP contribution in [-0.4, -0.2) is 25.8 Å². The summed E-state index contributed by atoms with van der Waals surface area (Å²) >= 11 is 0. The summed E-state index contributed by atoms with van der Waals surface area (Å²) in [5, 5.41) is 2.36. The molecule has 0 saturated carbocycles. The SMILES string of the molecule is O=C(NCc1ncccc1C(F)(F)F)c1nccnc1-c1ncco1. The Bertz CT molecular complexity index is 881. The first-order valence-corrected chi connectivity index (χ1v) is 6.97. The molecule has 3 aromatic heterocycles.